The molecule has 0 spiro atoms. The second-order valence-electron chi connectivity index (χ2n) is 3.70. The van der Waals surface area contributed by atoms with Gasteiger partial charge in [0.2, 0.25) is 0 Å². The zero-order chi connectivity index (χ0) is 10.3. The standard InChI is InChI=1S/C9H12O5/c1-13-9(12)7-5-3-2-4(14-5)6(7)8(10)11/h4-7H,2-3H2,1H3,(H,10,11)/t4-,5+,6-,7+/m0/s1. The number of carboxylic acids is 1. The summed E-state index contributed by atoms with van der Waals surface area (Å²) in [5, 5.41) is 8.96. The van der Waals surface area contributed by atoms with Crippen LogP contribution in [0.4, 0.5) is 0 Å². The summed E-state index contributed by atoms with van der Waals surface area (Å²) >= 11 is 0. The highest BCUT2D eigenvalue weighted by molar-refractivity contribution is 5.83. The third-order valence-corrected chi connectivity index (χ3v) is 3.03. The van der Waals surface area contributed by atoms with Crippen LogP contribution in [0.3, 0.4) is 0 Å². The molecule has 78 valence electrons. The van der Waals surface area contributed by atoms with E-state index in [1.807, 2.05) is 0 Å². The zero-order valence-corrected chi connectivity index (χ0v) is 7.80. The molecular weight excluding hydrogens is 188 g/mol. The summed E-state index contributed by atoms with van der Waals surface area (Å²) in [6, 6.07) is 0. The van der Waals surface area contributed by atoms with Gasteiger partial charge >= 0.3 is 11.9 Å². The lowest BCUT2D eigenvalue weighted by molar-refractivity contribution is -0.156. The Labute approximate surface area is 81.0 Å². The van der Waals surface area contributed by atoms with Gasteiger partial charge in [-0.2, -0.15) is 0 Å². The second-order valence-corrected chi connectivity index (χ2v) is 3.70. The minimum Gasteiger partial charge on any atom is -0.481 e. The molecule has 2 heterocycles. The van der Waals surface area contributed by atoms with Gasteiger partial charge in [-0.15, -0.1) is 0 Å². The van der Waals surface area contributed by atoms with E-state index in [1.54, 1.807) is 0 Å². The van der Waals surface area contributed by atoms with Crippen molar-refractivity contribution in [3.05, 3.63) is 0 Å². The Morgan fingerprint density at radius 2 is 1.86 bits per heavy atom. The van der Waals surface area contributed by atoms with E-state index in [0.717, 1.165) is 12.8 Å². The van der Waals surface area contributed by atoms with Crippen LogP contribution in [0, 0.1) is 11.8 Å². The van der Waals surface area contributed by atoms with Crippen molar-refractivity contribution in [2.45, 2.75) is 25.0 Å². The predicted molar refractivity (Wildman–Crippen MR) is 44.5 cm³/mol. The Morgan fingerprint density at radius 1 is 1.29 bits per heavy atom. The van der Waals surface area contributed by atoms with Gasteiger partial charge in [-0.05, 0) is 12.8 Å². The molecule has 0 aliphatic carbocycles. The first-order valence-electron chi connectivity index (χ1n) is 4.61. The number of ether oxygens (including phenoxy) is 2. The van der Waals surface area contributed by atoms with E-state index < -0.39 is 23.8 Å². The lowest BCUT2D eigenvalue weighted by Crippen LogP contribution is -2.38. The van der Waals surface area contributed by atoms with E-state index in [0.29, 0.717) is 0 Å². The van der Waals surface area contributed by atoms with Crippen LogP contribution in [-0.4, -0.2) is 36.4 Å². The maximum atomic E-state index is 11.4. The molecule has 2 saturated heterocycles. The lowest BCUT2D eigenvalue weighted by Gasteiger charge is -2.22. The third-order valence-electron chi connectivity index (χ3n) is 3.03. The predicted octanol–water partition coefficient (Wildman–Crippen LogP) is 0.0376. The molecule has 5 nitrogen and oxygen atoms in total. The molecule has 0 saturated carbocycles. The second kappa shape index (κ2) is 3.24. The van der Waals surface area contributed by atoms with Crippen LogP contribution in [-0.2, 0) is 19.1 Å². The van der Waals surface area contributed by atoms with Crippen molar-refractivity contribution in [2.24, 2.45) is 11.8 Å². The summed E-state index contributed by atoms with van der Waals surface area (Å²) in [6.45, 7) is 0. The van der Waals surface area contributed by atoms with E-state index in [-0.39, 0.29) is 12.2 Å². The molecule has 1 N–H and O–H groups in total. The Kier molecular flexibility index (Phi) is 2.19. The molecule has 0 aromatic rings. The highest BCUT2D eigenvalue weighted by Crippen LogP contribution is 2.43. The van der Waals surface area contributed by atoms with Gasteiger partial charge in [0.15, 0.2) is 0 Å². The van der Waals surface area contributed by atoms with E-state index in [4.69, 9.17) is 9.84 Å². The number of aliphatic carboxylic acids is 1. The van der Waals surface area contributed by atoms with Crippen LogP contribution in [0.1, 0.15) is 12.8 Å². The van der Waals surface area contributed by atoms with E-state index in [2.05, 4.69) is 4.74 Å². The lowest BCUT2D eigenvalue weighted by atomic mass is 9.79. The smallest absolute Gasteiger partial charge is 0.312 e. The first kappa shape index (κ1) is 9.45. The SMILES string of the molecule is COC(=O)[C@H]1[C@@H](C(=O)O)[C@@H]2CC[C@H]1O2. The quantitative estimate of drug-likeness (QED) is 0.637. The van der Waals surface area contributed by atoms with Crippen LogP contribution in [0.25, 0.3) is 0 Å². The molecule has 0 unspecified atom stereocenters. The molecule has 2 fully saturated rings. The molecule has 2 bridgehead atoms. The first-order chi connectivity index (χ1) is 6.65. The average Bonchev–Trinajstić information content (AvgIpc) is 2.74. The molecule has 0 aromatic carbocycles. The van der Waals surface area contributed by atoms with Gasteiger partial charge in [0.05, 0.1) is 31.2 Å². The normalized spacial score (nSPS) is 39.8. The molecular formula is C9H12O5. The molecule has 2 rings (SSSR count). The Bertz CT molecular complexity index is 274. The largest absolute Gasteiger partial charge is 0.481 e. The number of esters is 1. The maximum absolute atomic E-state index is 11.4. The van der Waals surface area contributed by atoms with Gasteiger partial charge in [0.25, 0.3) is 0 Å². The highest BCUT2D eigenvalue weighted by Gasteiger charge is 2.56. The number of hydrogen-bond donors (Lipinski definition) is 1. The van der Waals surface area contributed by atoms with Gasteiger partial charge in [-0.3, -0.25) is 9.59 Å². The van der Waals surface area contributed by atoms with Crippen molar-refractivity contribution in [3.63, 3.8) is 0 Å². The van der Waals surface area contributed by atoms with Crippen molar-refractivity contribution in [3.8, 4) is 0 Å². The number of hydrogen-bond acceptors (Lipinski definition) is 4. The number of carbonyl (C=O) groups excluding carboxylic acids is 1. The fourth-order valence-electron chi connectivity index (χ4n) is 2.43. The molecule has 14 heavy (non-hydrogen) atoms. The van der Waals surface area contributed by atoms with Gasteiger partial charge in [-0.25, -0.2) is 0 Å². The molecule has 5 heteroatoms. The summed E-state index contributed by atoms with van der Waals surface area (Å²) < 4.78 is 9.98. The number of fused-ring (bicyclic) bond motifs is 2. The van der Waals surface area contributed by atoms with Crippen LogP contribution < -0.4 is 0 Å². The van der Waals surface area contributed by atoms with E-state index in [9.17, 15) is 9.59 Å². The number of carboxylic acid groups (broad SMARTS) is 1. The molecule has 0 amide bonds. The summed E-state index contributed by atoms with van der Waals surface area (Å²) in [5.41, 5.74) is 0. The minimum atomic E-state index is -0.965. The third kappa shape index (κ3) is 1.19. The zero-order valence-electron chi connectivity index (χ0n) is 7.80. The minimum absolute atomic E-state index is 0.256. The molecule has 2 aliphatic heterocycles. The van der Waals surface area contributed by atoms with Crippen LogP contribution in [0.15, 0.2) is 0 Å². The summed E-state index contributed by atoms with van der Waals surface area (Å²) in [4.78, 5) is 22.3. The highest BCUT2D eigenvalue weighted by atomic mass is 16.5. The van der Waals surface area contributed by atoms with Crippen molar-refractivity contribution in [1.29, 1.82) is 0 Å². The van der Waals surface area contributed by atoms with Crippen molar-refractivity contribution < 1.29 is 24.2 Å². The van der Waals surface area contributed by atoms with Gasteiger partial charge < -0.3 is 14.6 Å². The Balaban J connectivity index is 2.21. The van der Waals surface area contributed by atoms with Gasteiger partial charge in [0, 0.05) is 0 Å². The molecule has 0 radical (unpaired) electrons. The summed E-state index contributed by atoms with van der Waals surface area (Å²) in [7, 11) is 1.27. The summed E-state index contributed by atoms with van der Waals surface area (Å²) in [5.74, 6) is -2.77. The number of carbonyl (C=O) groups is 2. The van der Waals surface area contributed by atoms with E-state index in [1.165, 1.54) is 7.11 Å². The number of methoxy groups -OCH3 is 1. The molecule has 2 aliphatic rings. The van der Waals surface area contributed by atoms with Crippen molar-refractivity contribution in [2.75, 3.05) is 7.11 Å². The van der Waals surface area contributed by atoms with Crippen molar-refractivity contribution >= 4 is 11.9 Å². The fourth-order valence-corrected chi connectivity index (χ4v) is 2.43. The fraction of sp³-hybridized carbons (Fsp3) is 0.778. The Morgan fingerprint density at radius 3 is 2.36 bits per heavy atom. The van der Waals surface area contributed by atoms with Gasteiger partial charge in [0.1, 0.15) is 0 Å². The number of rotatable bonds is 2. The molecule has 0 aromatic heterocycles. The Hall–Kier alpha value is -1.10. The maximum Gasteiger partial charge on any atom is 0.312 e. The van der Waals surface area contributed by atoms with Crippen LogP contribution in [0.2, 0.25) is 0 Å². The topological polar surface area (TPSA) is 72.8 Å². The monoisotopic (exact) mass is 200 g/mol. The average molecular weight is 200 g/mol. The summed E-state index contributed by atoms with van der Waals surface area (Å²) in [6.07, 6.45) is 0.929. The van der Waals surface area contributed by atoms with Crippen LogP contribution >= 0.6 is 0 Å². The van der Waals surface area contributed by atoms with Crippen molar-refractivity contribution in [1.82, 2.24) is 0 Å². The van der Waals surface area contributed by atoms with E-state index >= 15 is 0 Å². The van der Waals surface area contributed by atoms with Gasteiger partial charge in [-0.1, -0.05) is 0 Å². The van der Waals surface area contributed by atoms with Crippen LogP contribution in [0.5, 0.6) is 0 Å². The molecule has 4 atom stereocenters. The first-order valence-corrected chi connectivity index (χ1v) is 4.61.